The smallest absolute Gasteiger partial charge is 0.146 e. The van der Waals surface area contributed by atoms with Crippen LogP contribution in [0.25, 0.3) is 0 Å². The summed E-state index contributed by atoms with van der Waals surface area (Å²) in [6.07, 6.45) is 0. The Morgan fingerprint density at radius 1 is 1.11 bits per heavy atom. The molecule has 0 saturated carbocycles. The van der Waals surface area contributed by atoms with Gasteiger partial charge in [-0.2, -0.15) is 0 Å². The lowest BCUT2D eigenvalue weighted by molar-refractivity contribution is 0.610. The van der Waals surface area contributed by atoms with E-state index in [1.165, 1.54) is 12.1 Å². The molecule has 2 rings (SSSR count). The topological polar surface area (TPSA) is 12.0 Å². The van der Waals surface area contributed by atoms with Gasteiger partial charge in [-0.25, -0.2) is 8.78 Å². The van der Waals surface area contributed by atoms with E-state index in [0.717, 1.165) is 5.56 Å². The molecule has 2 aromatic rings. The predicted molar refractivity (Wildman–Crippen MR) is 69.9 cm³/mol. The lowest BCUT2D eigenvalue weighted by Gasteiger charge is -2.11. The molecular formula is C14H12ClF2N. The molecule has 0 aliphatic carbocycles. The summed E-state index contributed by atoms with van der Waals surface area (Å²) in [4.78, 5) is 0. The molecule has 0 amide bonds. The molecule has 0 spiro atoms. The van der Waals surface area contributed by atoms with Gasteiger partial charge in [0.05, 0.1) is 10.7 Å². The third kappa shape index (κ3) is 2.62. The van der Waals surface area contributed by atoms with E-state index in [1.807, 2.05) is 0 Å². The Hall–Kier alpha value is -1.61. The zero-order valence-electron chi connectivity index (χ0n) is 9.81. The first-order valence-electron chi connectivity index (χ1n) is 5.51. The molecule has 0 unspecified atom stereocenters. The van der Waals surface area contributed by atoms with Gasteiger partial charge >= 0.3 is 0 Å². The summed E-state index contributed by atoms with van der Waals surface area (Å²) < 4.78 is 27.2. The number of benzene rings is 2. The van der Waals surface area contributed by atoms with Crippen LogP contribution >= 0.6 is 11.6 Å². The molecule has 94 valence electrons. The fourth-order valence-electron chi connectivity index (χ4n) is 1.72. The predicted octanol–water partition coefficient (Wildman–Crippen LogP) is 4.54. The average Bonchev–Trinajstić information content (AvgIpc) is 2.33. The number of hydrogen-bond acceptors (Lipinski definition) is 1. The van der Waals surface area contributed by atoms with E-state index in [9.17, 15) is 8.78 Å². The van der Waals surface area contributed by atoms with Crippen molar-refractivity contribution < 1.29 is 8.78 Å². The molecule has 0 aliphatic heterocycles. The summed E-state index contributed by atoms with van der Waals surface area (Å²) in [5.74, 6) is -0.821. The zero-order chi connectivity index (χ0) is 13.1. The summed E-state index contributed by atoms with van der Waals surface area (Å²) in [7, 11) is 0. The highest BCUT2D eigenvalue weighted by Gasteiger charge is 2.08. The third-order valence-corrected chi connectivity index (χ3v) is 3.00. The van der Waals surface area contributed by atoms with Crippen molar-refractivity contribution in [2.24, 2.45) is 0 Å². The summed E-state index contributed by atoms with van der Waals surface area (Å²) in [5.41, 5.74) is 1.57. The van der Waals surface area contributed by atoms with Crippen LogP contribution in [0, 0.1) is 18.6 Å². The molecule has 0 heterocycles. The lowest BCUT2D eigenvalue weighted by atomic mass is 10.1. The number of hydrogen-bond donors (Lipinski definition) is 1. The van der Waals surface area contributed by atoms with Crippen molar-refractivity contribution in [3.8, 4) is 0 Å². The van der Waals surface area contributed by atoms with Crippen LogP contribution in [0.3, 0.4) is 0 Å². The molecular weight excluding hydrogens is 256 g/mol. The van der Waals surface area contributed by atoms with Crippen LogP contribution < -0.4 is 5.32 Å². The minimum atomic E-state index is -0.472. The van der Waals surface area contributed by atoms with Gasteiger partial charge in [-0.3, -0.25) is 0 Å². The van der Waals surface area contributed by atoms with Gasteiger partial charge < -0.3 is 5.32 Å². The van der Waals surface area contributed by atoms with Gasteiger partial charge in [0, 0.05) is 12.1 Å². The number of nitrogens with one attached hydrogen (secondary N) is 1. The van der Waals surface area contributed by atoms with E-state index < -0.39 is 5.82 Å². The molecule has 0 aromatic heterocycles. The largest absolute Gasteiger partial charge is 0.378 e. The van der Waals surface area contributed by atoms with Crippen LogP contribution in [-0.4, -0.2) is 0 Å². The van der Waals surface area contributed by atoms with Crippen LogP contribution in [0.1, 0.15) is 11.1 Å². The van der Waals surface area contributed by atoms with E-state index in [1.54, 1.807) is 31.2 Å². The molecule has 4 heteroatoms. The Morgan fingerprint density at radius 2 is 1.83 bits per heavy atom. The van der Waals surface area contributed by atoms with Gasteiger partial charge in [0.25, 0.3) is 0 Å². The van der Waals surface area contributed by atoms with E-state index in [4.69, 9.17) is 11.6 Å². The third-order valence-electron chi connectivity index (χ3n) is 2.71. The highest BCUT2D eigenvalue weighted by molar-refractivity contribution is 6.30. The first kappa shape index (κ1) is 12.8. The van der Waals surface area contributed by atoms with Crippen molar-refractivity contribution in [2.45, 2.75) is 13.5 Å². The Balaban J connectivity index is 2.19. The van der Waals surface area contributed by atoms with E-state index in [2.05, 4.69) is 5.32 Å². The molecule has 0 fully saturated rings. The van der Waals surface area contributed by atoms with Crippen LogP contribution in [0.15, 0.2) is 36.4 Å². The number of halogens is 3. The van der Waals surface area contributed by atoms with Gasteiger partial charge in [-0.15, -0.1) is 0 Å². The summed E-state index contributed by atoms with van der Waals surface area (Å²) in [5, 5.41) is 2.96. The van der Waals surface area contributed by atoms with E-state index in [0.29, 0.717) is 11.3 Å². The van der Waals surface area contributed by atoms with E-state index in [-0.39, 0.29) is 17.4 Å². The van der Waals surface area contributed by atoms with Gasteiger partial charge in [0.1, 0.15) is 11.6 Å². The second-order valence-corrected chi connectivity index (χ2v) is 4.41. The fourth-order valence-corrected chi connectivity index (χ4v) is 1.92. The van der Waals surface area contributed by atoms with Gasteiger partial charge in [0.2, 0.25) is 0 Å². The number of rotatable bonds is 3. The van der Waals surface area contributed by atoms with Crippen molar-refractivity contribution in [1.29, 1.82) is 0 Å². The van der Waals surface area contributed by atoms with Crippen molar-refractivity contribution in [3.63, 3.8) is 0 Å². The fraction of sp³-hybridized carbons (Fsp3) is 0.143. The first-order valence-corrected chi connectivity index (χ1v) is 5.89. The maximum absolute atomic E-state index is 13.6. The monoisotopic (exact) mass is 267 g/mol. The maximum atomic E-state index is 13.6. The zero-order valence-corrected chi connectivity index (χ0v) is 10.6. The van der Waals surface area contributed by atoms with Crippen LogP contribution in [0.4, 0.5) is 14.5 Å². The average molecular weight is 268 g/mol. The molecule has 2 aromatic carbocycles. The van der Waals surface area contributed by atoms with Gasteiger partial charge in [0.15, 0.2) is 0 Å². The maximum Gasteiger partial charge on any atom is 0.146 e. The minimum Gasteiger partial charge on any atom is -0.378 e. The van der Waals surface area contributed by atoms with Crippen molar-refractivity contribution >= 4 is 17.3 Å². The van der Waals surface area contributed by atoms with Crippen molar-refractivity contribution in [1.82, 2.24) is 0 Å². The van der Waals surface area contributed by atoms with Gasteiger partial charge in [-0.05, 0) is 24.6 Å². The molecule has 0 aliphatic rings. The molecule has 0 radical (unpaired) electrons. The summed E-state index contributed by atoms with van der Waals surface area (Å²) in [6.45, 7) is 1.98. The Labute approximate surface area is 109 Å². The summed E-state index contributed by atoms with van der Waals surface area (Å²) in [6, 6.07) is 9.55. The Bertz CT molecular complexity index is 549. The lowest BCUT2D eigenvalue weighted by Crippen LogP contribution is -2.05. The summed E-state index contributed by atoms with van der Waals surface area (Å²) >= 11 is 5.68. The number of anilines is 1. The minimum absolute atomic E-state index is 0.0690. The number of para-hydroxylation sites is 1. The Kier molecular flexibility index (Phi) is 3.82. The van der Waals surface area contributed by atoms with Crippen molar-refractivity contribution in [3.05, 3.63) is 64.2 Å². The van der Waals surface area contributed by atoms with Gasteiger partial charge in [-0.1, -0.05) is 35.9 Å². The molecule has 18 heavy (non-hydrogen) atoms. The molecule has 1 N–H and O–H groups in total. The Morgan fingerprint density at radius 3 is 2.56 bits per heavy atom. The molecule has 0 atom stereocenters. The van der Waals surface area contributed by atoms with E-state index >= 15 is 0 Å². The standard InChI is InChI=1S/C14H12ClF2N/c1-9-4-2-7-12(16)14(9)18-8-10-5-3-6-11(15)13(10)17/h2-7,18H,8H2,1H3. The quantitative estimate of drug-likeness (QED) is 0.861. The number of aryl methyl sites for hydroxylation is 1. The molecule has 0 bridgehead atoms. The highest BCUT2D eigenvalue weighted by atomic mass is 35.5. The van der Waals surface area contributed by atoms with Crippen LogP contribution in [0.5, 0.6) is 0 Å². The van der Waals surface area contributed by atoms with Crippen molar-refractivity contribution in [2.75, 3.05) is 5.32 Å². The van der Waals surface area contributed by atoms with Crippen LogP contribution in [-0.2, 0) is 6.54 Å². The first-order chi connectivity index (χ1) is 8.59. The second kappa shape index (κ2) is 5.36. The molecule has 0 saturated heterocycles. The highest BCUT2D eigenvalue weighted by Crippen LogP contribution is 2.22. The SMILES string of the molecule is Cc1cccc(F)c1NCc1cccc(Cl)c1F. The van der Waals surface area contributed by atoms with Crippen LogP contribution in [0.2, 0.25) is 5.02 Å². The second-order valence-electron chi connectivity index (χ2n) is 4.00. The normalized spacial score (nSPS) is 10.4. The molecule has 1 nitrogen and oxygen atoms in total.